The number of carbonyl (C=O) groups is 1. The highest BCUT2D eigenvalue weighted by atomic mass is 19.4. The van der Waals surface area contributed by atoms with E-state index in [4.69, 9.17) is 0 Å². The molecule has 3 heterocycles. The molecule has 0 radical (unpaired) electrons. The van der Waals surface area contributed by atoms with Gasteiger partial charge in [-0.05, 0) is 18.6 Å². The molecule has 3 rings (SSSR count). The maximum atomic E-state index is 14.9. The summed E-state index contributed by atoms with van der Waals surface area (Å²) < 4.78 is 56.8. The summed E-state index contributed by atoms with van der Waals surface area (Å²) in [6.45, 7) is 2.52. The highest BCUT2D eigenvalue weighted by Crippen LogP contribution is 2.29. The number of aromatic nitrogens is 3. The Morgan fingerprint density at radius 3 is 2.57 bits per heavy atom. The molecule has 1 fully saturated rings. The topological polar surface area (TPSA) is 84.2 Å². The first kappa shape index (κ1) is 20.2. The van der Waals surface area contributed by atoms with Crippen LogP contribution >= 0.6 is 0 Å². The fourth-order valence-electron chi connectivity index (χ4n) is 2.86. The Bertz CT molecular complexity index is 814. The minimum absolute atomic E-state index is 0.0452. The third-order valence-electron chi connectivity index (χ3n) is 4.52. The van der Waals surface area contributed by atoms with E-state index in [2.05, 4.69) is 24.9 Å². The molecule has 1 aliphatic rings. The number of halogens is 4. The normalized spacial score (nSPS) is 17.0. The van der Waals surface area contributed by atoms with Gasteiger partial charge in [-0.25, -0.2) is 4.39 Å². The lowest BCUT2D eigenvalue weighted by atomic mass is 9.93. The number of amides is 1. The zero-order valence-corrected chi connectivity index (χ0v) is 15.1. The smallest absolute Gasteiger partial charge is 0.409 e. The Balaban J connectivity index is 1.49. The van der Waals surface area contributed by atoms with E-state index in [1.54, 1.807) is 6.20 Å². The van der Waals surface area contributed by atoms with Crippen molar-refractivity contribution in [3.63, 3.8) is 0 Å². The summed E-state index contributed by atoms with van der Waals surface area (Å²) in [5.74, 6) is -3.16. The molecule has 1 aliphatic heterocycles. The number of aryl methyl sites for hydroxylation is 1. The van der Waals surface area contributed by atoms with Gasteiger partial charge in [0.15, 0.2) is 0 Å². The summed E-state index contributed by atoms with van der Waals surface area (Å²) in [7, 11) is 0. The predicted molar refractivity (Wildman–Crippen MR) is 89.0 cm³/mol. The molecule has 2 aromatic rings. The van der Waals surface area contributed by atoms with Gasteiger partial charge in [-0.3, -0.25) is 9.78 Å². The molecule has 7 nitrogen and oxygen atoms in total. The van der Waals surface area contributed by atoms with Crippen LogP contribution < -0.4 is 5.32 Å². The maximum absolute atomic E-state index is 14.9. The van der Waals surface area contributed by atoms with E-state index in [-0.39, 0.29) is 32.5 Å². The second-order valence-electron chi connectivity index (χ2n) is 6.78. The van der Waals surface area contributed by atoms with Crippen molar-refractivity contribution in [3.05, 3.63) is 41.4 Å². The molecule has 0 saturated carbocycles. The molecule has 152 valence electrons. The number of likely N-dealkylation sites (tertiary alicyclic amines) is 1. The average Bonchev–Trinajstić information content (AvgIpc) is 3.14. The number of pyridine rings is 1. The summed E-state index contributed by atoms with van der Waals surface area (Å²) in [5.41, 5.74) is 0.304. The van der Waals surface area contributed by atoms with Gasteiger partial charge in [0.25, 0.3) is 0 Å². The van der Waals surface area contributed by atoms with E-state index >= 15 is 0 Å². The van der Waals surface area contributed by atoms with Gasteiger partial charge in [0, 0.05) is 45.2 Å². The van der Waals surface area contributed by atoms with Gasteiger partial charge >= 0.3 is 23.9 Å². The lowest BCUT2D eigenvalue weighted by Crippen LogP contribution is -2.48. The monoisotopic (exact) mass is 401 g/mol. The fraction of sp³-hybridized carbons (Fsp3) is 0.529. The molecule has 1 saturated heterocycles. The highest BCUT2D eigenvalue weighted by Gasteiger charge is 2.41. The quantitative estimate of drug-likeness (QED) is 0.776. The fourth-order valence-corrected chi connectivity index (χ4v) is 2.86. The lowest BCUT2D eigenvalue weighted by Gasteiger charge is -2.36. The third-order valence-corrected chi connectivity index (χ3v) is 4.52. The number of nitrogens with one attached hydrogen (secondary N) is 1. The minimum Gasteiger partial charge on any atom is -0.409 e. The summed E-state index contributed by atoms with van der Waals surface area (Å²) in [6.07, 6.45) is -2.99. The van der Waals surface area contributed by atoms with E-state index in [9.17, 15) is 22.4 Å². The van der Waals surface area contributed by atoms with E-state index < -0.39 is 29.5 Å². The van der Waals surface area contributed by atoms with Crippen molar-refractivity contribution in [3.8, 4) is 0 Å². The molecule has 0 bridgehead atoms. The molecule has 11 heteroatoms. The number of nitrogens with zero attached hydrogens (tertiary/aromatic N) is 4. The first-order valence-electron chi connectivity index (χ1n) is 8.67. The van der Waals surface area contributed by atoms with Crippen molar-refractivity contribution in [2.75, 3.05) is 19.6 Å². The maximum Gasteiger partial charge on any atom is 0.470 e. The Kier molecular flexibility index (Phi) is 5.64. The van der Waals surface area contributed by atoms with Crippen LogP contribution in [-0.4, -0.2) is 51.3 Å². The Hall–Kier alpha value is -2.56. The van der Waals surface area contributed by atoms with Gasteiger partial charge in [-0.2, -0.15) is 13.2 Å². The Labute approximate surface area is 158 Å². The first-order chi connectivity index (χ1) is 13.2. The summed E-state index contributed by atoms with van der Waals surface area (Å²) in [5, 5.41) is 8.99. The van der Waals surface area contributed by atoms with Crippen LogP contribution in [0.2, 0.25) is 0 Å². The predicted octanol–water partition coefficient (Wildman–Crippen LogP) is 2.53. The summed E-state index contributed by atoms with van der Waals surface area (Å²) in [6, 6.07) is 3.77. The second kappa shape index (κ2) is 7.82. The molecule has 1 N–H and O–H groups in total. The Morgan fingerprint density at radius 1 is 1.29 bits per heavy atom. The van der Waals surface area contributed by atoms with Crippen LogP contribution in [0.25, 0.3) is 0 Å². The Morgan fingerprint density at radius 2 is 2.00 bits per heavy atom. The number of hydrogen-bond acceptors (Lipinski definition) is 6. The lowest BCUT2D eigenvalue weighted by molar-refractivity contribution is -0.157. The van der Waals surface area contributed by atoms with Crippen LogP contribution in [-0.2, 0) is 12.7 Å². The van der Waals surface area contributed by atoms with E-state index in [0.717, 1.165) is 11.3 Å². The number of rotatable bonds is 5. The zero-order chi connectivity index (χ0) is 20.4. The van der Waals surface area contributed by atoms with Crippen molar-refractivity contribution in [1.29, 1.82) is 0 Å². The van der Waals surface area contributed by atoms with Crippen LogP contribution in [0.15, 0.2) is 22.7 Å². The van der Waals surface area contributed by atoms with Crippen molar-refractivity contribution < 1.29 is 26.8 Å². The number of piperidine rings is 1. The molecule has 0 atom stereocenters. The van der Waals surface area contributed by atoms with Crippen LogP contribution in [0, 0.1) is 6.92 Å². The molecular weight excluding hydrogens is 382 g/mol. The van der Waals surface area contributed by atoms with Crippen molar-refractivity contribution in [1.82, 2.24) is 25.4 Å². The van der Waals surface area contributed by atoms with Gasteiger partial charge in [0.1, 0.15) is 5.67 Å². The van der Waals surface area contributed by atoms with Crippen molar-refractivity contribution in [2.45, 2.75) is 38.2 Å². The largest absolute Gasteiger partial charge is 0.470 e. The molecule has 1 amide bonds. The summed E-state index contributed by atoms with van der Waals surface area (Å²) in [4.78, 5) is 17.6. The zero-order valence-electron chi connectivity index (χ0n) is 15.1. The third kappa shape index (κ3) is 4.83. The van der Waals surface area contributed by atoms with E-state index in [1.807, 2.05) is 19.1 Å². The van der Waals surface area contributed by atoms with Gasteiger partial charge in [0.2, 0.25) is 0 Å². The van der Waals surface area contributed by atoms with E-state index in [1.165, 1.54) is 4.90 Å². The minimum atomic E-state index is -4.82. The number of carbonyl (C=O) groups excluding carboxylic acids is 1. The standard InChI is InChI=1S/C17H19F4N5O2/c1-11-2-3-12(23-8-11)9-22-10-16(18)4-6-26(7-5-16)14(27)13-24-25-15(28-13)17(19,20)21/h2-3,8,22H,4-7,9-10H2,1H3. The molecular formula is C17H19F4N5O2. The van der Waals surface area contributed by atoms with Crippen LogP contribution in [0.5, 0.6) is 0 Å². The van der Waals surface area contributed by atoms with Crippen molar-refractivity contribution in [2.24, 2.45) is 0 Å². The SMILES string of the molecule is Cc1ccc(CNCC2(F)CCN(C(=O)c3nnc(C(F)(F)F)o3)CC2)nc1. The molecule has 28 heavy (non-hydrogen) atoms. The average molecular weight is 401 g/mol. The molecule has 2 aromatic heterocycles. The molecule has 0 unspecified atom stereocenters. The highest BCUT2D eigenvalue weighted by molar-refractivity contribution is 5.89. The summed E-state index contributed by atoms with van der Waals surface area (Å²) >= 11 is 0. The van der Waals surface area contributed by atoms with Crippen LogP contribution in [0.4, 0.5) is 17.6 Å². The van der Waals surface area contributed by atoms with Crippen LogP contribution in [0.1, 0.15) is 40.7 Å². The van der Waals surface area contributed by atoms with Gasteiger partial charge in [-0.1, -0.05) is 6.07 Å². The molecule has 0 spiro atoms. The molecule has 0 aromatic carbocycles. The van der Waals surface area contributed by atoms with Crippen LogP contribution in [0.3, 0.4) is 0 Å². The second-order valence-corrected chi connectivity index (χ2v) is 6.78. The van der Waals surface area contributed by atoms with Crippen molar-refractivity contribution >= 4 is 5.91 Å². The molecule has 0 aliphatic carbocycles. The first-order valence-corrected chi connectivity index (χ1v) is 8.67. The van der Waals surface area contributed by atoms with Gasteiger partial charge in [0.05, 0.1) is 5.69 Å². The van der Waals surface area contributed by atoms with Gasteiger partial charge < -0.3 is 14.6 Å². The number of hydrogen-bond donors (Lipinski definition) is 1. The van der Waals surface area contributed by atoms with Gasteiger partial charge in [-0.15, -0.1) is 10.2 Å². The van der Waals surface area contributed by atoms with E-state index in [0.29, 0.717) is 6.54 Å². The number of alkyl halides is 4.